The number of rotatable bonds is 5. The molecule has 1 aromatic heterocycles. The van der Waals surface area contributed by atoms with E-state index in [-0.39, 0.29) is 17.1 Å². The van der Waals surface area contributed by atoms with Gasteiger partial charge in [0.25, 0.3) is 5.56 Å². The summed E-state index contributed by atoms with van der Waals surface area (Å²) in [7, 11) is -2.95. The zero-order valence-electron chi connectivity index (χ0n) is 8.89. The number of hydrogen-bond acceptors (Lipinski definition) is 4. The van der Waals surface area contributed by atoms with Crippen LogP contribution in [0.25, 0.3) is 0 Å². The third kappa shape index (κ3) is 3.85. The number of nitrogens with zero attached hydrogens (tertiary/aromatic N) is 2. The van der Waals surface area contributed by atoms with E-state index in [1.165, 1.54) is 17.1 Å². The van der Waals surface area contributed by atoms with Crippen LogP contribution < -0.4 is 5.56 Å². The molecule has 1 rings (SSSR count). The molecule has 0 saturated heterocycles. The average molecular weight is 356 g/mol. The lowest BCUT2D eigenvalue weighted by Crippen LogP contribution is -2.23. The molecule has 90 valence electrons. The summed E-state index contributed by atoms with van der Waals surface area (Å²) < 4.78 is 24.5. The number of hydrogen-bond donors (Lipinski definition) is 0. The largest absolute Gasteiger partial charge is 0.298 e. The van der Waals surface area contributed by atoms with Crippen LogP contribution in [0.1, 0.15) is 13.3 Å². The molecule has 0 unspecified atom stereocenters. The molecule has 0 spiro atoms. The van der Waals surface area contributed by atoms with E-state index in [1.807, 2.05) is 22.6 Å². The second kappa shape index (κ2) is 5.76. The van der Waals surface area contributed by atoms with Crippen LogP contribution in [-0.2, 0) is 16.4 Å². The number of aryl methyl sites for hydroxylation is 1. The fourth-order valence-corrected chi connectivity index (χ4v) is 2.51. The molecule has 0 aromatic carbocycles. The summed E-state index contributed by atoms with van der Waals surface area (Å²) in [6, 6.07) is 0. The maximum atomic E-state index is 11.6. The molecule has 0 atom stereocenters. The van der Waals surface area contributed by atoms with Gasteiger partial charge < -0.3 is 0 Å². The van der Waals surface area contributed by atoms with Gasteiger partial charge in [-0.15, -0.1) is 0 Å². The van der Waals surface area contributed by atoms with Crippen molar-refractivity contribution in [3.05, 3.63) is 26.4 Å². The summed E-state index contributed by atoms with van der Waals surface area (Å²) in [6.07, 6.45) is 3.36. The summed E-state index contributed by atoms with van der Waals surface area (Å²) in [5, 5.41) is 0. The van der Waals surface area contributed by atoms with E-state index in [0.717, 1.165) is 0 Å². The molecule has 0 N–H and O–H groups in total. The van der Waals surface area contributed by atoms with Gasteiger partial charge in [-0.25, -0.2) is 13.4 Å². The minimum Gasteiger partial charge on any atom is -0.298 e. The van der Waals surface area contributed by atoms with Crippen molar-refractivity contribution >= 4 is 32.4 Å². The van der Waals surface area contributed by atoms with Gasteiger partial charge in [0.15, 0.2) is 0 Å². The third-order valence-corrected chi connectivity index (χ3v) is 4.68. The number of sulfone groups is 1. The van der Waals surface area contributed by atoms with Crippen molar-refractivity contribution in [2.75, 3.05) is 11.5 Å². The predicted octanol–water partition coefficient (Wildman–Crippen LogP) is 0.673. The van der Waals surface area contributed by atoms with E-state index >= 15 is 0 Å². The second-order valence-electron chi connectivity index (χ2n) is 3.33. The Balaban J connectivity index is 2.63. The topological polar surface area (TPSA) is 69.0 Å². The molecule has 0 amide bonds. The summed E-state index contributed by atoms with van der Waals surface area (Å²) >= 11 is 1.91. The van der Waals surface area contributed by atoms with Gasteiger partial charge in [-0.1, -0.05) is 6.92 Å². The predicted molar refractivity (Wildman–Crippen MR) is 70.2 cm³/mol. The first kappa shape index (κ1) is 13.6. The molecule has 0 bridgehead atoms. The van der Waals surface area contributed by atoms with Crippen molar-refractivity contribution in [3.8, 4) is 0 Å². The zero-order valence-corrected chi connectivity index (χ0v) is 11.9. The van der Waals surface area contributed by atoms with E-state index in [4.69, 9.17) is 0 Å². The molecule has 0 fully saturated rings. The van der Waals surface area contributed by atoms with Crippen molar-refractivity contribution in [3.63, 3.8) is 0 Å². The van der Waals surface area contributed by atoms with Crippen molar-refractivity contribution in [2.45, 2.75) is 19.9 Å². The van der Waals surface area contributed by atoms with Gasteiger partial charge in [-0.2, -0.15) is 0 Å². The first-order chi connectivity index (χ1) is 7.46. The third-order valence-electron chi connectivity index (χ3n) is 2.15. The van der Waals surface area contributed by atoms with Gasteiger partial charge in [0, 0.05) is 18.5 Å². The molecule has 0 aliphatic heterocycles. The molecule has 1 heterocycles. The van der Waals surface area contributed by atoms with E-state index < -0.39 is 9.84 Å². The fourth-order valence-electron chi connectivity index (χ4n) is 1.18. The first-order valence-corrected chi connectivity index (χ1v) is 7.76. The molecular formula is C9H13IN2O3S. The Morgan fingerprint density at radius 2 is 2.19 bits per heavy atom. The Kier molecular flexibility index (Phi) is 4.90. The van der Waals surface area contributed by atoms with Gasteiger partial charge in [0.05, 0.1) is 15.7 Å². The van der Waals surface area contributed by atoms with Crippen LogP contribution in [0.4, 0.5) is 0 Å². The molecule has 16 heavy (non-hydrogen) atoms. The number of halogens is 1. The maximum Gasteiger partial charge on any atom is 0.266 e. The smallest absolute Gasteiger partial charge is 0.266 e. The molecule has 7 heteroatoms. The van der Waals surface area contributed by atoms with Crippen molar-refractivity contribution in [1.29, 1.82) is 0 Å². The fraction of sp³-hybridized carbons (Fsp3) is 0.556. The van der Waals surface area contributed by atoms with E-state index in [2.05, 4.69) is 4.98 Å². The van der Waals surface area contributed by atoms with Crippen LogP contribution in [-0.4, -0.2) is 29.5 Å². The van der Waals surface area contributed by atoms with Gasteiger partial charge in [-0.3, -0.25) is 9.36 Å². The lowest BCUT2D eigenvalue weighted by atomic mass is 10.4. The molecule has 1 aromatic rings. The highest BCUT2D eigenvalue weighted by molar-refractivity contribution is 14.1. The van der Waals surface area contributed by atoms with Crippen LogP contribution in [0.3, 0.4) is 0 Å². The molecule has 0 aliphatic carbocycles. The standard InChI is InChI=1S/C9H13IN2O3S/c1-2-16(14,15)5-3-4-12-7-11-6-8(10)9(12)13/h6-7H,2-5H2,1H3. The highest BCUT2D eigenvalue weighted by Crippen LogP contribution is 1.97. The van der Waals surface area contributed by atoms with Crippen LogP contribution >= 0.6 is 22.6 Å². The Morgan fingerprint density at radius 1 is 1.50 bits per heavy atom. The minimum absolute atomic E-state index is 0.113. The van der Waals surface area contributed by atoms with Gasteiger partial charge >= 0.3 is 0 Å². The second-order valence-corrected chi connectivity index (χ2v) is 6.96. The van der Waals surface area contributed by atoms with Crippen LogP contribution in [0.5, 0.6) is 0 Å². The quantitative estimate of drug-likeness (QED) is 0.728. The van der Waals surface area contributed by atoms with Crippen LogP contribution in [0.15, 0.2) is 17.3 Å². The van der Waals surface area contributed by atoms with Gasteiger partial charge in [0.2, 0.25) is 0 Å². The van der Waals surface area contributed by atoms with Crippen molar-refractivity contribution in [1.82, 2.24) is 9.55 Å². The Hall–Kier alpha value is -0.440. The maximum absolute atomic E-state index is 11.6. The monoisotopic (exact) mass is 356 g/mol. The average Bonchev–Trinajstić information content (AvgIpc) is 2.24. The number of aromatic nitrogens is 2. The van der Waals surface area contributed by atoms with E-state index in [9.17, 15) is 13.2 Å². The van der Waals surface area contributed by atoms with Crippen molar-refractivity contribution in [2.24, 2.45) is 0 Å². The molecular weight excluding hydrogens is 343 g/mol. The van der Waals surface area contributed by atoms with Gasteiger partial charge in [-0.05, 0) is 29.0 Å². The normalized spacial score (nSPS) is 11.6. The lowest BCUT2D eigenvalue weighted by molar-refractivity contribution is 0.582. The Bertz CT molecular complexity index is 510. The lowest BCUT2D eigenvalue weighted by Gasteiger charge is -2.05. The highest BCUT2D eigenvalue weighted by Gasteiger charge is 2.07. The molecule has 5 nitrogen and oxygen atoms in total. The minimum atomic E-state index is -2.95. The SMILES string of the molecule is CCS(=O)(=O)CCCn1cncc(I)c1=O. The Labute approximate surface area is 108 Å². The van der Waals surface area contributed by atoms with Crippen molar-refractivity contribution < 1.29 is 8.42 Å². The summed E-state index contributed by atoms with van der Waals surface area (Å²) in [4.78, 5) is 15.4. The summed E-state index contributed by atoms with van der Waals surface area (Å²) in [5.41, 5.74) is -0.121. The molecule has 0 aliphatic rings. The van der Waals surface area contributed by atoms with E-state index in [1.54, 1.807) is 6.92 Å². The van der Waals surface area contributed by atoms with E-state index in [0.29, 0.717) is 16.5 Å². The molecule has 0 saturated carbocycles. The highest BCUT2D eigenvalue weighted by atomic mass is 127. The van der Waals surface area contributed by atoms with Crippen LogP contribution in [0, 0.1) is 3.57 Å². The first-order valence-electron chi connectivity index (χ1n) is 4.86. The Morgan fingerprint density at radius 3 is 2.81 bits per heavy atom. The molecule has 0 radical (unpaired) electrons. The zero-order chi connectivity index (χ0) is 12.2. The summed E-state index contributed by atoms with van der Waals surface area (Å²) in [6.45, 7) is 2.01. The van der Waals surface area contributed by atoms with Crippen LogP contribution in [0.2, 0.25) is 0 Å². The summed E-state index contributed by atoms with van der Waals surface area (Å²) in [5.74, 6) is 0.258. The van der Waals surface area contributed by atoms with Gasteiger partial charge in [0.1, 0.15) is 9.84 Å².